The number of carbonyl (C=O) groups excluding carboxylic acids is 1. The fourth-order valence-corrected chi connectivity index (χ4v) is 2.58. The minimum absolute atomic E-state index is 0.0697. The Morgan fingerprint density at radius 3 is 2.77 bits per heavy atom. The zero-order valence-electron chi connectivity index (χ0n) is 11.6. The van der Waals surface area contributed by atoms with Crippen LogP contribution < -0.4 is 10.0 Å². The maximum atomic E-state index is 13.1. The Kier molecular flexibility index (Phi) is 4.94. The van der Waals surface area contributed by atoms with Crippen molar-refractivity contribution >= 4 is 38.4 Å². The van der Waals surface area contributed by atoms with Crippen LogP contribution in [0.25, 0.3) is 10.9 Å². The second kappa shape index (κ2) is 6.55. The second-order valence-electron chi connectivity index (χ2n) is 4.44. The highest BCUT2D eigenvalue weighted by molar-refractivity contribution is 7.89. The quantitative estimate of drug-likeness (QED) is 0.800. The second-order valence-corrected chi connectivity index (χ2v) is 6.85. The lowest BCUT2D eigenvalue weighted by Crippen LogP contribution is -2.33. The molecule has 2 aromatic rings. The van der Waals surface area contributed by atoms with Crippen LogP contribution in [0.2, 0.25) is 5.15 Å². The summed E-state index contributed by atoms with van der Waals surface area (Å²) >= 11 is 5.92. The Bertz CT molecular complexity index is 827. The van der Waals surface area contributed by atoms with E-state index in [0.29, 0.717) is 10.9 Å². The molecule has 0 unspecified atom stereocenters. The smallest absolute Gasteiger partial charge is 0.254 e. The SMILES string of the molecule is CNS(=O)(=O)CCNC(=O)c1cc2ccc(F)cc2nc1Cl. The fraction of sp³-hybridized carbons (Fsp3) is 0.231. The molecule has 9 heteroatoms. The van der Waals surface area contributed by atoms with E-state index >= 15 is 0 Å². The van der Waals surface area contributed by atoms with Crippen molar-refractivity contribution in [2.75, 3.05) is 19.3 Å². The van der Waals surface area contributed by atoms with Gasteiger partial charge in [0.2, 0.25) is 10.0 Å². The largest absolute Gasteiger partial charge is 0.351 e. The lowest BCUT2D eigenvalue weighted by Gasteiger charge is -2.08. The van der Waals surface area contributed by atoms with E-state index in [1.54, 1.807) is 0 Å². The van der Waals surface area contributed by atoms with E-state index < -0.39 is 21.7 Å². The highest BCUT2D eigenvalue weighted by Gasteiger charge is 2.14. The number of carbonyl (C=O) groups is 1. The van der Waals surface area contributed by atoms with Gasteiger partial charge in [-0.05, 0) is 25.2 Å². The number of nitrogens with zero attached hydrogens (tertiary/aromatic N) is 1. The van der Waals surface area contributed by atoms with Gasteiger partial charge in [0.1, 0.15) is 11.0 Å². The van der Waals surface area contributed by atoms with Crippen molar-refractivity contribution in [3.63, 3.8) is 0 Å². The molecule has 0 atom stereocenters. The number of hydrogen-bond acceptors (Lipinski definition) is 4. The standard InChI is InChI=1S/C13H13ClFN3O3S/c1-16-22(20,21)5-4-17-13(19)10-6-8-2-3-9(15)7-11(8)18-12(10)14/h2-3,6-7,16H,4-5H2,1H3,(H,17,19). The molecule has 0 fully saturated rings. The summed E-state index contributed by atoms with van der Waals surface area (Å²) in [6.45, 7) is -0.0697. The molecule has 2 N–H and O–H groups in total. The molecular formula is C13H13ClFN3O3S. The average Bonchev–Trinajstić information content (AvgIpc) is 2.46. The van der Waals surface area contributed by atoms with Crippen molar-refractivity contribution in [1.29, 1.82) is 0 Å². The van der Waals surface area contributed by atoms with Gasteiger partial charge in [0.25, 0.3) is 5.91 Å². The summed E-state index contributed by atoms with van der Waals surface area (Å²) in [6.07, 6.45) is 0. The number of pyridine rings is 1. The molecule has 6 nitrogen and oxygen atoms in total. The third-order valence-corrected chi connectivity index (χ3v) is 4.60. The number of hydrogen-bond donors (Lipinski definition) is 2. The zero-order chi connectivity index (χ0) is 16.3. The monoisotopic (exact) mass is 345 g/mol. The average molecular weight is 346 g/mol. The van der Waals surface area contributed by atoms with Crippen LogP contribution in [0, 0.1) is 5.82 Å². The van der Waals surface area contributed by atoms with Crippen LogP contribution >= 0.6 is 11.6 Å². The van der Waals surface area contributed by atoms with Gasteiger partial charge in [-0.3, -0.25) is 4.79 Å². The Morgan fingerprint density at radius 1 is 1.36 bits per heavy atom. The van der Waals surface area contributed by atoms with Crippen LogP contribution in [-0.4, -0.2) is 38.7 Å². The van der Waals surface area contributed by atoms with Crippen molar-refractivity contribution in [2.45, 2.75) is 0 Å². The third kappa shape index (κ3) is 3.90. The fourth-order valence-electron chi connectivity index (χ4n) is 1.77. The minimum atomic E-state index is -3.40. The van der Waals surface area contributed by atoms with Gasteiger partial charge >= 0.3 is 0 Å². The molecule has 0 aliphatic rings. The van der Waals surface area contributed by atoms with E-state index in [4.69, 9.17) is 11.6 Å². The highest BCUT2D eigenvalue weighted by Crippen LogP contribution is 2.21. The van der Waals surface area contributed by atoms with Crippen LogP contribution in [0.5, 0.6) is 0 Å². The Hall–Kier alpha value is -1.77. The molecule has 2 rings (SSSR count). The van der Waals surface area contributed by atoms with Crippen LogP contribution in [0.15, 0.2) is 24.3 Å². The number of rotatable bonds is 5. The summed E-state index contributed by atoms with van der Waals surface area (Å²) in [7, 11) is -2.11. The van der Waals surface area contributed by atoms with Crippen molar-refractivity contribution in [1.82, 2.24) is 15.0 Å². The summed E-state index contributed by atoms with van der Waals surface area (Å²) in [5.41, 5.74) is 0.432. The van der Waals surface area contributed by atoms with E-state index in [9.17, 15) is 17.6 Å². The summed E-state index contributed by atoms with van der Waals surface area (Å²) in [4.78, 5) is 16.0. The van der Waals surface area contributed by atoms with Gasteiger partial charge in [0.15, 0.2) is 0 Å². The first-order valence-electron chi connectivity index (χ1n) is 6.27. The van der Waals surface area contributed by atoms with E-state index in [2.05, 4.69) is 15.0 Å². The summed E-state index contributed by atoms with van der Waals surface area (Å²) < 4.78 is 37.8. The van der Waals surface area contributed by atoms with Gasteiger partial charge in [0.05, 0.1) is 16.8 Å². The van der Waals surface area contributed by atoms with Crippen molar-refractivity contribution < 1.29 is 17.6 Å². The summed E-state index contributed by atoms with van der Waals surface area (Å²) in [6, 6.07) is 5.42. The lowest BCUT2D eigenvalue weighted by atomic mass is 10.1. The first kappa shape index (κ1) is 16.6. The number of halogens is 2. The molecule has 0 saturated carbocycles. The van der Waals surface area contributed by atoms with Crippen molar-refractivity contribution in [2.24, 2.45) is 0 Å². The number of nitrogens with one attached hydrogen (secondary N) is 2. The topological polar surface area (TPSA) is 88.2 Å². The summed E-state index contributed by atoms with van der Waals surface area (Å²) in [5.74, 6) is -1.25. The molecule has 1 aromatic carbocycles. The first-order valence-corrected chi connectivity index (χ1v) is 8.30. The minimum Gasteiger partial charge on any atom is -0.351 e. The molecule has 0 radical (unpaired) electrons. The van der Waals surface area contributed by atoms with Gasteiger partial charge in [-0.25, -0.2) is 22.5 Å². The molecule has 1 aromatic heterocycles. The Labute approximate surface area is 131 Å². The Morgan fingerprint density at radius 2 is 2.09 bits per heavy atom. The zero-order valence-corrected chi connectivity index (χ0v) is 13.1. The first-order chi connectivity index (χ1) is 10.3. The normalized spacial score (nSPS) is 11.6. The van der Waals surface area contributed by atoms with E-state index in [-0.39, 0.29) is 23.0 Å². The van der Waals surface area contributed by atoms with Crippen molar-refractivity contribution in [3.05, 3.63) is 40.8 Å². The number of fused-ring (bicyclic) bond motifs is 1. The molecule has 0 spiro atoms. The van der Waals surface area contributed by atoms with E-state index in [0.717, 1.165) is 0 Å². The van der Waals surface area contributed by atoms with Crippen LogP contribution in [0.3, 0.4) is 0 Å². The number of benzene rings is 1. The number of aromatic nitrogens is 1. The van der Waals surface area contributed by atoms with Gasteiger partial charge in [-0.1, -0.05) is 11.6 Å². The number of amides is 1. The lowest BCUT2D eigenvalue weighted by molar-refractivity contribution is 0.0956. The van der Waals surface area contributed by atoms with Crippen LogP contribution in [0.1, 0.15) is 10.4 Å². The highest BCUT2D eigenvalue weighted by atomic mass is 35.5. The third-order valence-electron chi connectivity index (χ3n) is 2.95. The maximum Gasteiger partial charge on any atom is 0.254 e. The predicted octanol–water partition coefficient (Wildman–Crippen LogP) is 1.31. The van der Waals surface area contributed by atoms with Crippen molar-refractivity contribution in [3.8, 4) is 0 Å². The van der Waals surface area contributed by atoms with E-state index in [1.807, 2.05) is 0 Å². The molecular weight excluding hydrogens is 333 g/mol. The van der Waals surface area contributed by atoms with Crippen LogP contribution in [-0.2, 0) is 10.0 Å². The molecule has 0 saturated heterocycles. The van der Waals surface area contributed by atoms with Crippen LogP contribution in [0.4, 0.5) is 4.39 Å². The predicted molar refractivity (Wildman–Crippen MR) is 81.9 cm³/mol. The molecule has 0 bridgehead atoms. The maximum absolute atomic E-state index is 13.1. The van der Waals surface area contributed by atoms with Gasteiger partial charge in [0, 0.05) is 18.0 Å². The molecule has 1 heterocycles. The van der Waals surface area contributed by atoms with Gasteiger partial charge in [-0.2, -0.15) is 0 Å². The van der Waals surface area contributed by atoms with Gasteiger partial charge < -0.3 is 5.32 Å². The molecule has 0 aliphatic carbocycles. The Balaban J connectivity index is 2.18. The number of sulfonamides is 1. The molecule has 0 aliphatic heterocycles. The molecule has 118 valence electrons. The molecule has 22 heavy (non-hydrogen) atoms. The molecule has 1 amide bonds. The van der Waals surface area contributed by atoms with Gasteiger partial charge in [-0.15, -0.1) is 0 Å². The van der Waals surface area contributed by atoms with E-state index in [1.165, 1.54) is 31.3 Å². The summed E-state index contributed by atoms with van der Waals surface area (Å²) in [5, 5.41) is 2.93.